The minimum absolute atomic E-state index is 0.0505. The van der Waals surface area contributed by atoms with E-state index < -0.39 is 23.4 Å². The van der Waals surface area contributed by atoms with Crippen LogP contribution in [-0.2, 0) is 23.8 Å². The maximum absolute atomic E-state index is 12.0. The van der Waals surface area contributed by atoms with Crippen LogP contribution in [0.25, 0.3) is 0 Å². The van der Waals surface area contributed by atoms with Crippen molar-refractivity contribution in [2.75, 3.05) is 0 Å². The van der Waals surface area contributed by atoms with Crippen molar-refractivity contribution in [3.05, 3.63) is 23.3 Å². The van der Waals surface area contributed by atoms with Crippen molar-refractivity contribution in [3.8, 4) is 0 Å². The van der Waals surface area contributed by atoms with Gasteiger partial charge >= 0.3 is 11.9 Å². The predicted octanol–water partition coefficient (Wildman–Crippen LogP) is 3.72. The standard InChI is InChI=1S/C24H36O6/c1-13-9-8-10-24(7,30-16(4)26)22-20-19(18(11-13)28-22)14(2)12-17(27)21(20)23(5,6)29-15(3)25/h9,12,17-22,27H,8,10-11H2,1-7H3/b13-9-/t17-,18-,19-,20+,21+,22-,24-/m1/s1. The Labute approximate surface area is 179 Å². The zero-order valence-corrected chi connectivity index (χ0v) is 19.2. The van der Waals surface area contributed by atoms with Gasteiger partial charge in [-0.25, -0.2) is 0 Å². The molecule has 2 aliphatic heterocycles. The van der Waals surface area contributed by atoms with Crippen LogP contribution >= 0.6 is 0 Å². The Morgan fingerprint density at radius 3 is 2.50 bits per heavy atom. The highest BCUT2D eigenvalue weighted by molar-refractivity contribution is 5.67. The topological polar surface area (TPSA) is 82.1 Å². The third-order valence-electron chi connectivity index (χ3n) is 7.07. The van der Waals surface area contributed by atoms with E-state index in [1.54, 1.807) is 0 Å². The minimum Gasteiger partial charge on any atom is -0.459 e. The monoisotopic (exact) mass is 420 g/mol. The van der Waals surface area contributed by atoms with E-state index in [1.165, 1.54) is 19.4 Å². The van der Waals surface area contributed by atoms with Gasteiger partial charge < -0.3 is 19.3 Å². The smallest absolute Gasteiger partial charge is 0.303 e. The Morgan fingerprint density at radius 1 is 1.23 bits per heavy atom. The highest BCUT2D eigenvalue weighted by Crippen LogP contribution is 2.55. The molecule has 1 aliphatic carbocycles. The summed E-state index contributed by atoms with van der Waals surface area (Å²) in [4.78, 5) is 23.9. The van der Waals surface area contributed by atoms with Crippen molar-refractivity contribution in [1.82, 2.24) is 0 Å². The molecule has 0 unspecified atom stereocenters. The maximum Gasteiger partial charge on any atom is 0.303 e. The van der Waals surface area contributed by atoms with Gasteiger partial charge in [0.1, 0.15) is 17.3 Å². The molecule has 3 rings (SSSR count). The fourth-order valence-electron chi connectivity index (χ4n) is 6.14. The average Bonchev–Trinajstić information content (AvgIpc) is 2.93. The second kappa shape index (κ2) is 8.12. The first-order valence-electron chi connectivity index (χ1n) is 10.9. The average molecular weight is 421 g/mol. The molecule has 1 fully saturated rings. The number of carbonyl (C=O) groups is 2. The molecule has 0 amide bonds. The minimum atomic E-state index is -0.909. The Kier molecular flexibility index (Phi) is 6.23. The Balaban J connectivity index is 2.14. The largest absolute Gasteiger partial charge is 0.459 e. The number of aliphatic hydroxyl groups excluding tert-OH is 1. The van der Waals surface area contributed by atoms with Gasteiger partial charge in [-0.2, -0.15) is 0 Å². The Bertz CT molecular complexity index is 766. The van der Waals surface area contributed by atoms with E-state index in [-0.39, 0.29) is 35.8 Å². The van der Waals surface area contributed by atoms with E-state index in [0.717, 1.165) is 18.4 Å². The van der Waals surface area contributed by atoms with Gasteiger partial charge in [0.2, 0.25) is 0 Å². The summed E-state index contributed by atoms with van der Waals surface area (Å²) in [6.45, 7) is 12.6. The Hall–Kier alpha value is -1.66. The zero-order chi connectivity index (χ0) is 22.4. The van der Waals surface area contributed by atoms with Crippen LogP contribution in [0.2, 0.25) is 0 Å². The molecule has 168 valence electrons. The summed E-state index contributed by atoms with van der Waals surface area (Å²) in [6, 6.07) is 0. The molecule has 0 saturated carbocycles. The second-order valence-electron chi connectivity index (χ2n) is 10.0. The van der Waals surface area contributed by atoms with Crippen LogP contribution < -0.4 is 0 Å². The van der Waals surface area contributed by atoms with Gasteiger partial charge in [0.25, 0.3) is 0 Å². The zero-order valence-electron chi connectivity index (χ0n) is 19.2. The van der Waals surface area contributed by atoms with Crippen LogP contribution in [0.15, 0.2) is 23.3 Å². The number of aliphatic hydroxyl groups is 1. The van der Waals surface area contributed by atoms with Gasteiger partial charge in [-0.05, 0) is 53.9 Å². The van der Waals surface area contributed by atoms with Crippen molar-refractivity contribution in [3.63, 3.8) is 0 Å². The molecule has 0 radical (unpaired) electrons. The van der Waals surface area contributed by atoms with Crippen molar-refractivity contribution in [2.45, 2.75) is 97.2 Å². The van der Waals surface area contributed by atoms with Crippen LogP contribution in [0.1, 0.15) is 67.7 Å². The van der Waals surface area contributed by atoms with Gasteiger partial charge in [-0.3, -0.25) is 9.59 Å². The first kappa shape index (κ1) is 23.0. The molecule has 6 nitrogen and oxygen atoms in total. The van der Waals surface area contributed by atoms with Crippen LogP contribution in [0.3, 0.4) is 0 Å². The first-order valence-corrected chi connectivity index (χ1v) is 10.9. The summed E-state index contributed by atoms with van der Waals surface area (Å²) < 4.78 is 18.2. The first-order chi connectivity index (χ1) is 13.9. The van der Waals surface area contributed by atoms with Crippen LogP contribution in [0.5, 0.6) is 0 Å². The van der Waals surface area contributed by atoms with Gasteiger partial charge in [0.05, 0.1) is 12.2 Å². The number of rotatable bonds is 3. The van der Waals surface area contributed by atoms with E-state index in [1.807, 2.05) is 33.8 Å². The van der Waals surface area contributed by atoms with Crippen molar-refractivity contribution in [1.29, 1.82) is 0 Å². The van der Waals surface area contributed by atoms with E-state index in [4.69, 9.17) is 14.2 Å². The van der Waals surface area contributed by atoms with Crippen LogP contribution in [0.4, 0.5) is 0 Å². The molecule has 30 heavy (non-hydrogen) atoms. The molecule has 2 bridgehead atoms. The lowest BCUT2D eigenvalue weighted by Gasteiger charge is -2.48. The summed E-state index contributed by atoms with van der Waals surface area (Å²) in [7, 11) is 0. The molecule has 7 atom stereocenters. The summed E-state index contributed by atoms with van der Waals surface area (Å²) in [5, 5.41) is 11.1. The molecular weight excluding hydrogens is 384 g/mol. The van der Waals surface area contributed by atoms with Gasteiger partial charge in [0.15, 0.2) is 0 Å². The lowest BCUT2D eigenvalue weighted by atomic mass is 9.60. The van der Waals surface area contributed by atoms with E-state index in [0.29, 0.717) is 6.42 Å². The van der Waals surface area contributed by atoms with Gasteiger partial charge in [-0.1, -0.05) is 23.3 Å². The lowest BCUT2D eigenvalue weighted by Crippen LogP contribution is -2.57. The van der Waals surface area contributed by atoms with Crippen molar-refractivity contribution >= 4 is 11.9 Å². The maximum atomic E-state index is 12.0. The molecule has 2 heterocycles. The molecule has 0 aromatic carbocycles. The molecule has 0 aromatic heterocycles. The van der Waals surface area contributed by atoms with Crippen LogP contribution in [0, 0.1) is 17.8 Å². The third kappa shape index (κ3) is 4.22. The van der Waals surface area contributed by atoms with Crippen LogP contribution in [-0.4, -0.2) is 46.6 Å². The number of carbonyl (C=O) groups excluding carboxylic acids is 2. The molecule has 3 aliphatic rings. The number of ether oxygens (including phenoxy) is 3. The highest BCUT2D eigenvalue weighted by Gasteiger charge is 2.61. The van der Waals surface area contributed by atoms with Gasteiger partial charge in [-0.15, -0.1) is 0 Å². The SMILES string of the molecule is CC(=O)OC(C)(C)[C@@H]1[C@@H]2[C@H](C(C)=C[C@H]1O)[C@H]1C/C(C)=C\CC[C@@](C)(OC(C)=O)[C@@H]2O1. The normalized spacial score (nSPS) is 40.7. The fourth-order valence-corrected chi connectivity index (χ4v) is 6.14. The van der Waals surface area contributed by atoms with Crippen molar-refractivity contribution < 1.29 is 28.9 Å². The quantitative estimate of drug-likeness (QED) is 0.554. The summed E-state index contributed by atoms with van der Waals surface area (Å²) in [5.41, 5.74) is 0.579. The second-order valence-corrected chi connectivity index (χ2v) is 10.0. The molecule has 1 saturated heterocycles. The molecule has 6 heteroatoms. The molecule has 0 aromatic rings. The fraction of sp³-hybridized carbons (Fsp3) is 0.750. The summed E-state index contributed by atoms with van der Waals surface area (Å²) in [5.74, 6) is -1.22. The third-order valence-corrected chi connectivity index (χ3v) is 7.07. The highest BCUT2D eigenvalue weighted by atomic mass is 16.6. The predicted molar refractivity (Wildman–Crippen MR) is 113 cm³/mol. The van der Waals surface area contributed by atoms with Gasteiger partial charge in [0, 0.05) is 31.6 Å². The number of esters is 2. The molecular formula is C24H36O6. The van der Waals surface area contributed by atoms with E-state index in [2.05, 4.69) is 13.0 Å². The summed E-state index contributed by atoms with van der Waals surface area (Å²) in [6.07, 6.45) is 5.01. The molecule has 1 N–H and O–H groups in total. The number of hydrogen-bond donors (Lipinski definition) is 1. The lowest BCUT2D eigenvalue weighted by molar-refractivity contribution is -0.188. The number of allylic oxidation sites excluding steroid dienone is 1. The number of hydrogen-bond acceptors (Lipinski definition) is 6. The van der Waals surface area contributed by atoms with Crippen molar-refractivity contribution in [2.24, 2.45) is 17.8 Å². The van der Waals surface area contributed by atoms with E-state index >= 15 is 0 Å². The summed E-state index contributed by atoms with van der Waals surface area (Å²) >= 11 is 0. The van der Waals surface area contributed by atoms with E-state index in [9.17, 15) is 14.7 Å². The number of fused-ring (bicyclic) bond motifs is 5. The molecule has 0 spiro atoms. The Morgan fingerprint density at radius 2 is 1.90 bits per heavy atom.